The van der Waals surface area contributed by atoms with Crippen LogP contribution in [0.5, 0.6) is 0 Å². The van der Waals surface area contributed by atoms with Crippen molar-refractivity contribution in [3.8, 4) is 0 Å². The molecule has 4 aliphatic rings. The molecule has 0 aromatic heterocycles. The molecule has 7 unspecified atom stereocenters. The topological polar surface area (TPSA) is 14.1 Å². The molecule has 1 nitrogen and oxygen atoms in total. The average Bonchev–Trinajstić information content (AvgIpc) is 2.90. The Bertz CT molecular complexity index is 573. The van der Waals surface area contributed by atoms with Gasteiger partial charge < -0.3 is 4.98 Å². The van der Waals surface area contributed by atoms with Crippen LogP contribution < -0.4 is 0 Å². The van der Waals surface area contributed by atoms with Gasteiger partial charge in [-0.05, 0) is 29.6 Å². The van der Waals surface area contributed by atoms with E-state index in [1.807, 2.05) is 0 Å². The van der Waals surface area contributed by atoms with Gasteiger partial charge in [-0.2, -0.15) is 7.05 Å². The Hall–Kier alpha value is 0.600. The van der Waals surface area contributed by atoms with Gasteiger partial charge in [-0.15, -0.1) is 0 Å². The summed E-state index contributed by atoms with van der Waals surface area (Å²) in [5.74, 6) is 3.68. The average molecular weight is 445 g/mol. The molecule has 0 radical (unpaired) electrons. The van der Waals surface area contributed by atoms with Gasteiger partial charge in [0.25, 0.3) is 0 Å². The molecule has 1 saturated carbocycles. The second-order valence-electron chi connectivity index (χ2n) is 7.36. The molecule has 0 N–H and O–H groups in total. The SMILES string of the molecule is C[N-][Si]1(C)CC(C)C2=CC=CC3C4C=CC=CC4C1C23.[Cl][Zr+2][Cl]. The molecule has 1 aliphatic heterocycles. The molecule has 23 heavy (non-hydrogen) atoms. The van der Waals surface area contributed by atoms with Crippen LogP contribution in [0.15, 0.2) is 48.1 Å². The molecule has 1 heterocycles. The van der Waals surface area contributed by atoms with E-state index < -0.39 is 29.1 Å². The van der Waals surface area contributed by atoms with E-state index in [1.165, 1.54) is 6.04 Å². The summed E-state index contributed by atoms with van der Waals surface area (Å²) in [6, 6.07) is 1.35. The van der Waals surface area contributed by atoms with Crippen molar-refractivity contribution in [3.63, 3.8) is 0 Å². The first-order valence-corrected chi connectivity index (χ1v) is 17.4. The van der Waals surface area contributed by atoms with Gasteiger partial charge in [0.1, 0.15) is 0 Å². The minimum absolute atomic E-state index is 0.717. The second kappa shape index (κ2) is 7.46. The van der Waals surface area contributed by atoms with Crippen molar-refractivity contribution in [1.29, 1.82) is 0 Å². The predicted molar refractivity (Wildman–Crippen MR) is 99.8 cm³/mol. The van der Waals surface area contributed by atoms with Crippen LogP contribution in [0.25, 0.3) is 4.98 Å². The minimum atomic E-state index is -1.51. The maximum atomic E-state index is 5.02. The number of hydrogen-bond acceptors (Lipinski definition) is 0. The second-order valence-corrected chi connectivity index (χ2v) is 15.3. The van der Waals surface area contributed by atoms with Crippen molar-refractivity contribution in [2.24, 2.45) is 29.6 Å². The van der Waals surface area contributed by atoms with Gasteiger partial charge in [0.05, 0.1) is 0 Å². The van der Waals surface area contributed by atoms with Crippen molar-refractivity contribution in [3.05, 3.63) is 53.1 Å². The Morgan fingerprint density at radius 2 is 1.70 bits per heavy atom. The number of rotatable bonds is 1. The zero-order valence-corrected chi connectivity index (χ0v) is 18.9. The molecular weight excluding hydrogens is 420 g/mol. The molecular formula is C18H24Cl2NSiZr+. The molecule has 5 heteroatoms. The summed E-state index contributed by atoms with van der Waals surface area (Å²) in [5, 5.41) is 0. The third-order valence-corrected chi connectivity index (χ3v) is 11.0. The van der Waals surface area contributed by atoms with Gasteiger partial charge >= 0.3 is 37.9 Å². The van der Waals surface area contributed by atoms with Crippen molar-refractivity contribution in [2.75, 3.05) is 7.05 Å². The van der Waals surface area contributed by atoms with E-state index in [1.54, 1.807) is 5.57 Å². The first-order chi connectivity index (χ1) is 11.1. The number of allylic oxidation sites excluding steroid dienone is 8. The Morgan fingerprint density at radius 1 is 1.09 bits per heavy atom. The summed E-state index contributed by atoms with van der Waals surface area (Å²) in [6.07, 6.45) is 16.7. The number of fused-ring (bicyclic) bond motifs is 3. The van der Waals surface area contributed by atoms with Gasteiger partial charge in [0.15, 0.2) is 0 Å². The number of hydrogen-bond donors (Lipinski definition) is 0. The Labute approximate surface area is 160 Å². The van der Waals surface area contributed by atoms with Crippen molar-refractivity contribution in [2.45, 2.75) is 25.1 Å². The van der Waals surface area contributed by atoms with E-state index in [0.717, 1.165) is 29.2 Å². The van der Waals surface area contributed by atoms with Crippen LogP contribution in [0, 0.1) is 29.6 Å². The first kappa shape index (κ1) is 18.4. The summed E-state index contributed by atoms with van der Waals surface area (Å²) in [6.45, 7) is 4.97. The van der Waals surface area contributed by atoms with E-state index in [-0.39, 0.29) is 0 Å². The molecule has 7 atom stereocenters. The van der Waals surface area contributed by atoms with Crippen LogP contribution in [0.3, 0.4) is 0 Å². The molecule has 122 valence electrons. The summed E-state index contributed by atoms with van der Waals surface area (Å²) < 4.78 is 0. The molecule has 0 bridgehead atoms. The Balaban J connectivity index is 0.000000485. The molecule has 2 fully saturated rings. The normalized spacial score (nSPS) is 45.3. The van der Waals surface area contributed by atoms with Crippen molar-refractivity contribution < 1.29 is 20.8 Å². The molecule has 3 aliphatic carbocycles. The first-order valence-electron chi connectivity index (χ1n) is 8.38. The maximum absolute atomic E-state index is 5.02. The van der Waals surface area contributed by atoms with E-state index in [2.05, 4.69) is 63.1 Å². The monoisotopic (exact) mass is 442 g/mol. The van der Waals surface area contributed by atoms with Gasteiger partial charge in [-0.1, -0.05) is 81.4 Å². The molecule has 0 aromatic carbocycles. The van der Waals surface area contributed by atoms with Gasteiger partial charge in [-0.3, -0.25) is 0 Å². The fourth-order valence-corrected chi connectivity index (χ4v) is 10.2. The van der Waals surface area contributed by atoms with Crippen LogP contribution in [0.2, 0.25) is 18.1 Å². The Kier molecular flexibility index (Phi) is 5.96. The summed E-state index contributed by atoms with van der Waals surface area (Å²) in [7, 11) is 10.4. The molecule has 4 rings (SSSR count). The van der Waals surface area contributed by atoms with E-state index in [0.29, 0.717) is 5.92 Å². The zero-order valence-electron chi connectivity index (χ0n) is 13.9. The molecule has 1 saturated heterocycles. The summed E-state index contributed by atoms with van der Waals surface area (Å²) in [5.41, 5.74) is 2.54. The fourth-order valence-electron chi connectivity index (χ4n) is 5.60. The third kappa shape index (κ3) is 3.10. The van der Waals surface area contributed by atoms with E-state index in [4.69, 9.17) is 22.0 Å². The van der Waals surface area contributed by atoms with Gasteiger partial charge in [0.2, 0.25) is 0 Å². The fraction of sp³-hybridized carbons (Fsp3) is 0.556. The quantitative estimate of drug-likeness (QED) is 0.436. The predicted octanol–water partition coefficient (Wildman–Crippen LogP) is 6.06. The van der Waals surface area contributed by atoms with Crippen LogP contribution in [-0.4, -0.2) is 15.3 Å². The zero-order chi connectivity index (χ0) is 16.6. The molecule has 0 spiro atoms. The van der Waals surface area contributed by atoms with E-state index >= 15 is 0 Å². The summed E-state index contributed by atoms with van der Waals surface area (Å²) >= 11 is -0.826. The van der Waals surface area contributed by atoms with Crippen molar-refractivity contribution >= 4 is 25.3 Å². The van der Waals surface area contributed by atoms with Crippen LogP contribution in [0.4, 0.5) is 0 Å². The third-order valence-electron chi connectivity index (χ3n) is 6.41. The van der Waals surface area contributed by atoms with Gasteiger partial charge in [-0.25, -0.2) is 0 Å². The van der Waals surface area contributed by atoms with E-state index in [9.17, 15) is 0 Å². The molecule has 0 aromatic rings. The summed E-state index contributed by atoms with van der Waals surface area (Å²) in [4.78, 5) is 5.02. The van der Waals surface area contributed by atoms with Crippen LogP contribution >= 0.6 is 17.0 Å². The number of nitrogens with zero attached hydrogens (tertiary/aromatic N) is 1. The molecule has 0 amide bonds. The van der Waals surface area contributed by atoms with Crippen LogP contribution in [-0.2, 0) is 20.8 Å². The van der Waals surface area contributed by atoms with Crippen LogP contribution in [0.1, 0.15) is 6.92 Å². The number of halogens is 2. The Morgan fingerprint density at radius 3 is 2.35 bits per heavy atom. The van der Waals surface area contributed by atoms with Gasteiger partial charge in [0, 0.05) is 0 Å². The van der Waals surface area contributed by atoms with Crippen molar-refractivity contribution in [1.82, 2.24) is 0 Å². The standard InChI is InChI=1S/C18H24NSi.2ClH.Zr/c1-12-11-20(3,19-2)18-16-8-5-4-7-14(16)15-10-6-9-13(12)17(15)18;;;/h4-10,12,14-18H,11H2,1-3H3;2*1H;/q-1;;;+4/p-2.